The van der Waals surface area contributed by atoms with Crippen molar-refractivity contribution >= 4 is 11.6 Å². The maximum atomic E-state index is 5.67. The van der Waals surface area contributed by atoms with Gasteiger partial charge in [-0.05, 0) is 18.9 Å². The summed E-state index contributed by atoms with van der Waals surface area (Å²) in [5.74, 6) is 2.54. The minimum absolute atomic E-state index is 0.656. The van der Waals surface area contributed by atoms with Crippen LogP contribution in [0.15, 0.2) is 12.4 Å². The highest BCUT2D eigenvalue weighted by Crippen LogP contribution is 2.01. The van der Waals surface area contributed by atoms with Crippen molar-refractivity contribution in [3.05, 3.63) is 18.2 Å². The van der Waals surface area contributed by atoms with Gasteiger partial charge in [0.25, 0.3) is 0 Å². The second-order valence-electron chi connectivity index (χ2n) is 3.99. The molecule has 4 heteroatoms. The second kappa shape index (κ2) is 6.85. The monoisotopic (exact) mass is 229 g/mol. The molecule has 0 saturated carbocycles. The Morgan fingerprint density at radius 3 is 3.00 bits per heavy atom. The lowest BCUT2D eigenvalue weighted by molar-refractivity contribution is 0.501. The number of nitrogens with one attached hydrogen (secondary N) is 1. The van der Waals surface area contributed by atoms with Crippen LogP contribution in [0.2, 0.25) is 0 Å². The van der Waals surface area contributed by atoms with Crippen LogP contribution in [0.4, 0.5) is 0 Å². The fourth-order valence-electron chi connectivity index (χ4n) is 1.47. The molecule has 1 unspecified atom stereocenters. The highest BCUT2D eigenvalue weighted by molar-refractivity contribution is 6.17. The van der Waals surface area contributed by atoms with Crippen molar-refractivity contribution in [1.82, 2.24) is 14.9 Å². The van der Waals surface area contributed by atoms with E-state index in [1.165, 1.54) is 0 Å². The standard InChI is InChI=1S/C11H20ClN3/c1-10(3-5-12)9-13-6-4-11-14-7-8-15(11)2/h7-8,10,13H,3-6,9H2,1-2H3. The van der Waals surface area contributed by atoms with Crippen molar-refractivity contribution in [3.63, 3.8) is 0 Å². The molecule has 0 aliphatic carbocycles. The van der Waals surface area contributed by atoms with Crippen molar-refractivity contribution < 1.29 is 0 Å². The van der Waals surface area contributed by atoms with Crippen molar-refractivity contribution in [3.8, 4) is 0 Å². The highest BCUT2D eigenvalue weighted by atomic mass is 35.5. The quantitative estimate of drug-likeness (QED) is 0.571. The summed E-state index contributed by atoms with van der Waals surface area (Å²) >= 11 is 5.67. The maximum Gasteiger partial charge on any atom is 0.109 e. The Balaban J connectivity index is 2.09. The van der Waals surface area contributed by atoms with E-state index in [0.717, 1.165) is 37.6 Å². The topological polar surface area (TPSA) is 29.9 Å². The van der Waals surface area contributed by atoms with Gasteiger partial charge in [0.2, 0.25) is 0 Å². The molecule has 0 amide bonds. The van der Waals surface area contributed by atoms with Crippen molar-refractivity contribution in [2.45, 2.75) is 19.8 Å². The molecular formula is C11H20ClN3. The van der Waals surface area contributed by atoms with Gasteiger partial charge in [0.15, 0.2) is 0 Å². The number of hydrogen-bond acceptors (Lipinski definition) is 2. The average Bonchev–Trinajstić information content (AvgIpc) is 2.60. The van der Waals surface area contributed by atoms with E-state index < -0.39 is 0 Å². The predicted octanol–water partition coefficient (Wildman–Crippen LogP) is 1.82. The maximum absolute atomic E-state index is 5.67. The largest absolute Gasteiger partial charge is 0.338 e. The van der Waals surface area contributed by atoms with Gasteiger partial charge in [-0.1, -0.05) is 6.92 Å². The molecule has 1 N–H and O–H groups in total. The van der Waals surface area contributed by atoms with E-state index in [1.807, 2.05) is 19.4 Å². The van der Waals surface area contributed by atoms with Gasteiger partial charge in [0, 0.05) is 38.3 Å². The lowest BCUT2D eigenvalue weighted by Crippen LogP contribution is -2.24. The summed E-state index contributed by atoms with van der Waals surface area (Å²) in [6.07, 6.45) is 5.88. The molecule has 0 aliphatic heterocycles. The Labute approximate surface area is 96.8 Å². The minimum atomic E-state index is 0.656. The molecule has 0 spiro atoms. The van der Waals surface area contributed by atoms with Gasteiger partial charge in [-0.15, -0.1) is 11.6 Å². The molecule has 0 bridgehead atoms. The van der Waals surface area contributed by atoms with Crippen LogP contribution in [-0.4, -0.2) is 28.5 Å². The van der Waals surface area contributed by atoms with Crippen LogP contribution in [0.3, 0.4) is 0 Å². The van der Waals surface area contributed by atoms with Gasteiger partial charge in [-0.2, -0.15) is 0 Å². The summed E-state index contributed by atoms with van der Waals surface area (Å²) in [6, 6.07) is 0. The molecule has 15 heavy (non-hydrogen) atoms. The van der Waals surface area contributed by atoms with Crippen LogP contribution >= 0.6 is 11.6 Å². The van der Waals surface area contributed by atoms with E-state index >= 15 is 0 Å². The van der Waals surface area contributed by atoms with E-state index in [-0.39, 0.29) is 0 Å². The van der Waals surface area contributed by atoms with Crippen molar-refractivity contribution in [2.24, 2.45) is 13.0 Å². The van der Waals surface area contributed by atoms with Gasteiger partial charge >= 0.3 is 0 Å². The smallest absolute Gasteiger partial charge is 0.109 e. The summed E-state index contributed by atoms with van der Waals surface area (Å²) in [6.45, 7) is 4.24. The first kappa shape index (κ1) is 12.5. The Hall–Kier alpha value is -0.540. The number of rotatable bonds is 7. The van der Waals surface area contributed by atoms with Crippen LogP contribution in [-0.2, 0) is 13.5 Å². The first-order valence-electron chi connectivity index (χ1n) is 5.47. The molecule has 1 aromatic heterocycles. The first-order valence-corrected chi connectivity index (χ1v) is 6.00. The van der Waals surface area contributed by atoms with Crippen LogP contribution in [0.5, 0.6) is 0 Å². The van der Waals surface area contributed by atoms with Gasteiger partial charge in [0.05, 0.1) is 0 Å². The third kappa shape index (κ3) is 4.67. The summed E-state index contributed by atoms with van der Waals surface area (Å²) in [7, 11) is 2.03. The number of aromatic nitrogens is 2. The van der Waals surface area contributed by atoms with E-state index in [0.29, 0.717) is 5.92 Å². The predicted molar refractivity (Wildman–Crippen MR) is 64.3 cm³/mol. The van der Waals surface area contributed by atoms with Crippen LogP contribution in [0, 0.1) is 5.92 Å². The number of alkyl halides is 1. The van der Waals surface area contributed by atoms with Crippen molar-refractivity contribution in [1.29, 1.82) is 0 Å². The van der Waals surface area contributed by atoms with E-state index in [4.69, 9.17) is 11.6 Å². The fourth-order valence-corrected chi connectivity index (χ4v) is 1.85. The molecule has 0 fully saturated rings. The van der Waals surface area contributed by atoms with Gasteiger partial charge < -0.3 is 9.88 Å². The zero-order valence-electron chi connectivity index (χ0n) is 9.54. The van der Waals surface area contributed by atoms with Crippen LogP contribution in [0.25, 0.3) is 0 Å². The number of halogens is 1. The number of imidazole rings is 1. The summed E-state index contributed by atoms with van der Waals surface area (Å²) in [5.41, 5.74) is 0. The lowest BCUT2D eigenvalue weighted by atomic mass is 10.1. The Morgan fingerprint density at radius 2 is 2.40 bits per heavy atom. The third-order valence-electron chi connectivity index (χ3n) is 2.54. The number of aryl methyl sites for hydroxylation is 1. The van der Waals surface area contributed by atoms with Crippen LogP contribution < -0.4 is 5.32 Å². The van der Waals surface area contributed by atoms with E-state index in [2.05, 4.69) is 21.8 Å². The normalized spacial score (nSPS) is 13.0. The SMILES string of the molecule is CC(CCCl)CNCCc1nccn1C. The molecule has 1 rings (SSSR count). The zero-order valence-corrected chi connectivity index (χ0v) is 10.3. The van der Waals surface area contributed by atoms with Gasteiger partial charge in [-0.3, -0.25) is 0 Å². The minimum Gasteiger partial charge on any atom is -0.338 e. The number of nitrogens with zero attached hydrogens (tertiary/aromatic N) is 2. The number of hydrogen-bond donors (Lipinski definition) is 1. The summed E-state index contributed by atoms with van der Waals surface area (Å²) in [4.78, 5) is 4.27. The summed E-state index contributed by atoms with van der Waals surface area (Å²) < 4.78 is 2.06. The fraction of sp³-hybridized carbons (Fsp3) is 0.727. The van der Waals surface area contributed by atoms with E-state index in [9.17, 15) is 0 Å². The molecule has 0 aromatic carbocycles. The Morgan fingerprint density at radius 1 is 1.60 bits per heavy atom. The molecule has 86 valence electrons. The zero-order chi connectivity index (χ0) is 11.1. The molecule has 1 heterocycles. The molecular weight excluding hydrogens is 210 g/mol. The molecule has 0 aliphatic rings. The van der Waals surface area contributed by atoms with Gasteiger partial charge in [-0.25, -0.2) is 4.98 Å². The van der Waals surface area contributed by atoms with Crippen molar-refractivity contribution in [2.75, 3.05) is 19.0 Å². The third-order valence-corrected chi connectivity index (χ3v) is 2.76. The average molecular weight is 230 g/mol. The summed E-state index contributed by atoms with van der Waals surface area (Å²) in [5, 5.41) is 3.42. The molecule has 1 atom stereocenters. The molecule has 3 nitrogen and oxygen atoms in total. The highest BCUT2D eigenvalue weighted by Gasteiger charge is 2.01. The Bertz CT molecular complexity index is 273. The molecule has 1 aromatic rings. The molecule has 0 saturated heterocycles. The second-order valence-corrected chi connectivity index (χ2v) is 4.37. The lowest BCUT2D eigenvalue weighted by Gasteiger charge is -2.10. The first-order chi connectivity index (χ1) is 7.24. The Kier molecular flexibility index (Phi) is 5.73. The van der Waals surface area contributed by atoms with E-state index in [1.54, 1.807) is 0 Å². The molecule has 0 radical (unpaired) electrons. The van der Waals surface area contributed by atoms with Gasteiger partial charge in [0.1, 0.15) is 5.82 Å². The van der Waals surface area contributed by atoms with Crippen LogP contribution in [0.1, 0.15) is 19.2 Å².